The first-order chi connectivity index (χ1) is 9.51. The number of ether oxygens (including phenoxy) is 1. The molecular formula is C13H19N3O4. The topological polar surface area (TPSA) is 84.7 Å². The Balaban J connectivity index is 2.02. The largest absolute Gasteiger partial charge is 0.375 e. The molecule has 20 heavy (non-hydrogen) atoms. The molecule has 0 aliphatic carbocycles. The molecule has 2 rings (SSSR count). The standard InChI is InChI=1S/C13H19N3O4/c1-4-10-7-19-9(3)6-16(10)13(18)12(17)14-11-5-8(2)20-15-11/h5,9-10H,4,6-7H2,1-3H3,(H,14,15,17)/t9-,10+/m0/s1. The van der Waals surface area contributed by atoms with Gasteiger partial charge in [0.1, 0.15) is 5.76 Å². The van der Waals surface area contributed by atoms with E-state index in [1.807, 2.05) is 13.8 Å². The van der Waals surface area contributed by atoms with Crippen molar-refractivity contribution < 1.29 is 18.8 Å². The molecule has 110 valence electrons. The molecule has 0 radical (unpaired) electrons. The number of aromatic nitrogens is 1. The Bertz CT molecular complexity index is 500. The van der Waals surface area contributed by atoms with Crippen molar-refractivity contribution in [3.63, 3.8) is 0 Å². The van der Waals surface area contributed by atoms with Gasteiger partial charge in [-0.2, -0.15) is 0 Å². The van der Waals surface area contributed by atoms with E-state index in [0.29, 0.717) is 18.9 Å². The van der Waals surface area contributed by atoms with E-state index in [0.717, 1.165) is 6.42 Å². The summed E-state index contributed by atoms with van der Waals surface area (Å²) >= 11 is 0. The van der Waals surface area contributed by atoms with Gasteiger partial charge in [0, 0.05) is 12.6 Å². The highest BCUT2D eigenvalue weighted by molar-refractivity contribution is 6.39. The number of morpholine rings is 1. The number of anilines is 1. The van der Waals surface area contributed by atoms with E-state index in [1.165, 1.54) is 0 Å². The van der Waals surface area contributed by atoms with E-state index in [2.05, 4.69) is 10.5 Å². The van der Waals surface area contributed by atoms with Gasteiger partial charge in [-0.25, -0.2) is 0 Å². The summed E-state index contributed by atoms with van der Waals surface area (Å²) in [7, 11) is 0. The second kappa shape index (κ2) is 6.04. The molecule has 1 saturated heterocycles. The third kappa shape index (κ3) is 3.16. The van der Waals surface area contributed by atoms with Crippen LogP contribution in [0.4, 0.5) is 5.82 Å². The fraction of sp³-hybridized carbons (Fsp3) is 0.615. The van der Waals surface area contributed by atoms with Gasteiger partial charge in [-0.05, 0) is 20.3 Å². The lowest BCUT2D eigenvalue weighted by atomic mass is 10.1. The van der Waals surface area contributed by atoms with E-state index in [4.69, 9.17) is 9.26 Å². The first-order valence-corrected chi connectivity index (χ1v) is 6.68. The molecular weight excluding hydrogens is 262 g/mol. The Hall–Kier alpha value is -1.89. The number of carbonyl (C=O) groups excluding carboxylic acids is 2. The van der Waals surface area contributed by atoms with Crippen LogP contribution in [0.1, 0.15) is 26.0 Å². The van der Waals surface area contributed by atoms with Crippen LogP contribution in [0.15, 0.2) is 10.6 Å². The van der Waals surface area contributed by atoms with Gasteiger partial charge >= 0.3 is 11.8 Å². The highest BCUT2D eigenvalue weighted by Gasteiger charge is 2.33. The number of rotatable bonds is 2. The number of amides is 2. The second-order valence-corrected chi connectivity index (χ2v) is 4.94. The molecule has 7 heteroatoms. The lowest BCUT2D eigenvalue weighted by molar-refractivity contribution is -0.152. The predicted octanol–water partition coefficient (Wildman–Crippen LogP) is 0.947. The molecule has 0 unspecified atom stereocenters. The zero-order valence-corrected chi connectivity index (χ0v) is 11.9. The van der Waals surface area contributed by atoms with Crippen LogP contribution in [0.2, 0.25) is 0 Å². The van der Waals surface area contributed by atoms with Crippen molar-refractivity contribution in [2.75, 3.05) is 18.5 Å². The van der Waals surface area contributed by atoms with Gasteiger partial charge in [-0.3, -0.25) is 14.9 Å². The maximum Gasteiger partial charge on any atom is 0.315 e. The van der Waals surface area contributed by atoms with Crippen molar-refractivity contribution in [2.24, 2.45) is 0 Å². The molecule has 7 nitrogen and oxygen atoms in total. The summed E-state index contributed by atoms with van der Waals surface area (Å²) in [6, 6.07) is 1.49. The van der Waals surface area contributed by atoms with Crippen molar-refractivity contribution in [1.82, 2.24) is 10.1 Å². The molecule has 2 heterocycles. The lowest BCUT2D eigenvalue weighted by Gasteiger charge is -2.37. The molecule has 2 atom stereocenters. The van der Waals surface area contributed by atoms with Gasteiger partial charge in [0.2, 0.25) is 0 Å². The van der Waals surface area contributed by atoms with Crippen LogP contribution < -0.4 is 5.32 Å². The van der Waals surface area contributed by atoms with Crippen LogP contribution in [0, 0.1) is 6.92 Å². The van der Waals surface area contributed by atoms with Gasteiger partial charge in [-0.15, -0.1) is 0 Å². The Morgan fingerprint density at radius 1 is 1.55 bits per heavy atom. The average Bonchev–Trinajstić information content (AvgIpc) is 2.83. The maximum absolute atomic E-state index is 12.2. The number of hydrogen-bond acceptors (Lipinski definition) is 5. The molecule has 1 fully saturated rings. The molecule has 0 saturated carbocycles. The van der Waals surface area contributed by atoms with Crippen LogP contribution in [-0.2, 0) is 14.3 Å². The minimum atomic E-state index is -0.703. The molecule has 0 aromatic carbocycles. The first kappa shape index (κ1) is 14.5. The zero-order chi connectivity index (χ0) is 14.7. The Morgan fingerprint density at radius 3 is 2.90 bits per heavy atom. The number of nitrogens with zero attached hydrogens (tertiary/aromatic N) is 2. The van der Waals surface area contributed by atoms with Gasteiger partial charge in [0.05, 0.1) is 18.8 Å². The summed E-state index contributed by atoms with van der Waals surface area (Å²) in [5, 5.41) is 6.08. The van der Waals surface area contributed by atoms with E-state index < -0.39 is 11.8 Å². The van der Waals surface area contributed by atoms with E-state index in [-0.39, 0.29) is 18.0 Å². The molecule has 1 aliphatic heterocycles. The third-order valence-corrected chi connectivity index (χ3v) is 3.26. The summed E-state index contributed by atoms with van der Waals surface area (Å²) in [5.41, 5.74) is 0. The second-order valence-electron chi connectivity index (χ2n) is 4.94. The van der Waals surface area contributed by atoms with Gasteiger partial charge in [0.25, 0.3) is 0 Å². The summed E-state index contributed by atoms with van der Waals surface area (Å²) in [6.07, 6.45) is 0.679. The predicted molar refractivity (Wildman–Crippen MR) is 71.1 cm³/mol. The van der Waals surface area contributed by atoms with Gasteiger partial charge < -0.3 is 14.2 Å². The van der Waals surface area contributed by atoms with Crippen LogP contribution in [0.5, 0.6) is 0 Å². The summed E-state index contributed by atoms with van der Waals surface area (Å²) in [5.74, 6) is -0.451. The molecule has 0 spiro atoms. The molecule has 1 aromatic rings. The molecule has 1 N–H and O–H groups in total. The Morgan fingerprint density at radius 2 is 2.30 bits per heavy atom. The van der Waals surface area contributed by atoms with E-state index in [9.17, 15) is 9.59 Å². The molecule has 1 aromatic heterocycles. The number of carbonyl (C=O) groups is 2. The monoisotopic (exact) mass is 281 g/mol. The fourth-order valence-electron chi connectivity index (χ4n) is 2.16. The van der Waals surface area contributed by atoms with Crippen LogP contribution in [0.25, 0.3) is 0 Å². The van der Waals surface area contributed by atoms with Crippen molar-refractivity contribution in [2.45, 2.75) is 39.3 Å². The summed E-state index contributed by atoms with van der Waals surface area (Å²) in [4.78, 5) is 25.8. The lowest BCUT2D eigenvalue weighted by Crippen LogP contribution is -2.54. The number of nitrogens with one attached hydrogen (secondary N) is 1. The van der Waals surface area contributed by atoms with Crippen LogP contribution in [0.3, 0.4) is 0 Å². The van der Waals surface area contributed by atoms with E-state index >= 15 is 0 Å². The van der Waals surface area contributed by atoms with E-state index in [1.54, 1.807) is 17.9 Å². The first-order valence-electron chi connectivity index (χ1n) is 6.68. The fourth-order valence-corrected chi connectivity index (χ4v) is 2.16. The molecule has 2 amide bonds. The van der Waals surface area contributed by atoms with Gasteiger partial charge in [-0.1, -0.05) is 12.1 Å². The van der Waals surface area contributed by atoms with Crippen molar-refractivity contribution in [3.8, 4) is 0 Å². The van der Waals surface area contributed by atoms with Crippen molar-refractivity contribution in [3.05, 3.63) is 11.8 Å². The summed E-state index contributed by atoms with van der Waals surface area (Å²) in [6.45, 7) is 6.43. The molecule has 1 aliphatic rings. The zero-order valence-electron chi connectivity index (χ0n) is 11.9. The smallest absolute Gasteiger partial charge is 0.315 e. The minimum Gasteiger partial charge on any atom is -0.375 e. The highest BCUT2D eigenvalue weighted by Crippen LogP contribution is 2.15. The van der Waals surface area contributed by atoms with Crippen molar-refractivity contribution in [1.29, 1.82) is 0 Å². The maximum atomic E-state index is 12.2. The van der Waals surface area contributed by atoms with Crippen molar-refractivity contribution >= 4 is 17.6 Å². The number of hydrogen-bond donors (Lipinski definition) is 1. The third-order valence-electron chi connectivity index (χ3n) is 3.26. The summed E-state index contributed by atoms with van der Waals surface area (Å²) < 4.78 is 10.4. The van der Waals surface area contributed by atoms with Crippen LogP contribution >= 0.6 is 0 Å². The quantitative estimate of drug-likeness (QED) is 0.816. The van der Waals surface area contributed by atoms with Crippen LogP contribution in [-0.4, -0.2) is 47.2 Å². The normalized spacial score (nSPS) is 22.6. The molecule has 0 bridgehead atoms. The minimum absolute atomic E-state index is 0.0659. The SMILES string of the molecule is CC[C@@H]1CO[C@@H](C)CN1C(=O)C(=O)Nc1cc(C)on1. The number of aryl methyl sites for hydroxylation is 1. The average molecular weight is 281 g/mol. The highest BCUT2D eigenvalue weighted by atomic mass is 16.5. The Labute approximate surface area is 117 Å². The Kier molecular flexibility index (Phi) is 4.39. The van der Waals surface area contributed by atoms with Gasteiger partial charge in [0.15, 0.2) is 5.82 Å².